The van der Waals surface area contributed by atoms with Crippen LogP contribution in [0.25, 0.3) is 11.1 Å². The number of nitrogens with zero attached hydrogens (tertiary/aromatic N) is 2. The molecule has 0 unspecified atom stereocenters. The first kappa shape index (κ1) is 18.9. The lowest BCUT2D eigenvalue weighted by molar-refractivity contribution is 0.0858. The van der Waals surface area contributed by atoms with Crippen LogP contribution in [0.15, 0.2) is 42.6 Å². The van der Waals surface area contributed by atoms with Crippen molar-refractivity contribution >= 4 is 11.7 Å². The van der Waals surface area contributed by atoms with Gasteiger partial charge >= 0.3 is 0 Å². The topological polar surface area (TPSA) is 54.5 Å². The second-order valence-corrected chi connectivity index (χ2v) is 7.73. The second-order valence-electron chi connectivity index (χ2n) is 7.73. The lowest BCUT2D eigenvalue weighted by atomic mass is 10.1. The van der Waals surface area contributed by atoms with Crippen molar-refractivity contribution in [3.05, 3.63) is 48.2 Å². The summed E-state index contributed by atoms with van der Waals surface area (Å²) in [6.45, 7) is 3.59. The minimum absolute atomic E-state index is 0.0447. The summed E-state index contributed by atoms with van der Waals surface area (Å²) in [6.07, 6.45) is 9.35. The minimum Gasteiger partial charge on any atom is -0.376 e. The van der Waals surface area contributed by atoms with E-state index in [1.807, 2.05) is 30.5 Å². The van der Waals surface area contributed by atoms with E-state index in [1.165, 1.54) is 25.7 Å². The number of carbonyl (C=O) groups excluding carboxylic acids is 1. The Hall–Kier alpha value is -2.40. The highest BCUT2D eigenvalue weighted by atomic mass is 16.5. The summed E-state index contributed by atoms with van der Waals surface area (Å²) in [4.78, 5) is 19.4. The monoisotopic (exact) mass is 379 g/mol. The van der Waals surface area contributed by atoms with Gasteiger partial charge in [-0.25, -0.2) is 4.98 Å². The maximum absolute atomic E-state index is 12.3. The molecule has 4 rings (SSSR count). The highest BCUT2D eigenvalue weighted by Gasteiger charge is 2.17. The molecule has 2 aliphatic heterocycles. The van der Waals surface area contributed by atoms with E-state index < -0.39 is 0 Å². The third-order valence-corrected chi connectivity index (χ3v) is 5.67. The molecule has 0 radical (unpaired) electrons. The summed E-state index contributed by atoms with van der Waals surface area (Å²) in [5.74, 6) is 1.02. The standard InChI is InChI=1S/C23H29N3O2/c27-23(25-17-21-6-5-15-28-21)19-9-7-18(8-10-19)20-11-12-22(24-16-20)26-13-3-1-2-4-14-26/h7-12,16,21H,1-6,13-15,17H2,(H,25,27)/t21-/m0/s1. The molecule has 0 aliphatic carbocycles. The Morgan fingerprint density at radius 1 is 1.00 bits per heavy atom. The molecule has 5 heteroatoms. The molecule has 0 bridgehead atoms. The lowest BCUT2D eigenvalue weighted by Gasteiger charge is -2.21. The summed E-state index contributed by atoms with van der Waals surface area (Å²) in [6, 6.07) is 12.0. The van der Waals surface area contributed by atoms with Gasteiger partial charge in [0.1, 0.15) is 5.82 Å². The van der Waals surface area contributed by atoms with Crippen LogP contribution in [-0.4, -0.2) is 43.2 Å². The zero-order chi connectivity index (χ0) is 19.2. The number of hydrogen-bond donors (Lipinski definition) is 1. The van der Waals surface area contributed by atoms with Gasteiger partial charge in [0.15, 0.2) is 0 Å². The van der Waals surface area contributed by atoms with Gasteiger partial charge in [0.2, 0.25) is 0 Å². The first-order valence-electron chi connectivity index (χ1n) is 10.5. The number of pyridine rings is 1. The fourth-order valence-electron chi connectivity index (χ4n) is 3.97. The summed E-state index contributed by atoms with van der Waals surface area (Å²) in [7, 11) is 0. The first-order valence-corrected chi connectivity index (χ1v) is 10.5. The summed E-state index contributed by atoms with van der Waals surface area (Å²) >= 11 is 0. The number of amides is 1. The van der Waals surface area contributed by atoms with Gasteiger partial charge in [-0.15, -0.1) is 0 Å². The van der Waals surface area contributed by atoms with Gasteiger partial charge in [0.25, 0.3) is 5.91 Å². The zero-order valence-electron chi connectivity index (χ0n) is 16.4. The van der Waals surface area contributed by atoms with Crippen LogP contribution < -0.4 is 10.2 Å². The van der Waals surface area contributed by atoms with Gasteiger partial charge in [0.05, 0.1) is 6.10 Å². The summed E-state index contributed by atoms with van der Waals surface area (Å²) < 4.78 is 5.55. The third kappa shape index (κ3) is 4.71. The maximum Gasteiger partial charge on any atom is 0.251 e. The lowest BCUT2D eigenvalue weighted by Crippen LogP contribution is -2.31. The molecule has 2 aliphatic rings. The van der Waals surface area contributed by atoms with Crippen molar-refractivity contribution in [3.8, 4) is 11.1 Å². The molecule has 0 saturated carbocycles. The molecule has 1 amide bonds. The smallest absolute Gasteiger partial charge is 0.251 e. The number of anilines is 1. The van der Waals surface area contributed by atoms with Gasteiger partial charge in [0, 0.05) is 43.6 Å². The summed E-state index contributed by atoms with van der Waals surface area (Å²) in [5.41, 5.74) is 2.83. The van der Waals surface area contributed by atoms with Crippen molar-refractivity contribution < 1.29 is 9.53 Å². The van der Waals surface area contributed by atoms with Gasteiger partial charge in [-0.1, -0.05) is 25.0 Å². The molecule has 2 aromatic rings. The molecule has 2 saturated heterocycles. The molecule has 1 aromatic carbocycles. The van der Waals surface area contributed by atoms with Crippen molar-refractivity contribution in [3.63, 3.8) is 0 Å². The number of rotatable bonds is 5. The van der Waals surface area contributed by atoms with E-state index in [2.05, 4.69) is 27.3 Å². The highest BCUT2D eigenvalue weighted by molar-refractivity contribution is 5.94. The van der Waals surface area contributed by atoms with Crippen molar-refractivity contribution in [1.29, 1.82) is 0 Å². The van der Waals surface area contributed by atoms with Crippen LogP contribution in [0.3, 0.4) is 0 Å². The van der Waals surface area contributed by atoms with Crippen LogP contribution in [0, 0.1) is 0 Å². The first-order chi connectivity index (χ1) is 13.8. The molecule has 2 fully saturated rings. The molecule has 5 nitrogen and oxygen atoms in total. The van der Waals surface area contributed by atoms with E-state index >= 15 is 0 Å². The molecular formula is C23H29N3O2. The average Bonchev–Trinajstić information content (AvgIpc) is 3.12. The van der Waals surface area contributed by atoms with Crippen LogP contribution in [-0.2, 0) is 4.74 Å². The van der Waals surface area contributed by atoms with Crippen LogP contribution in [0.4, 0.5) is 5.82 Å². The van der Waals surface area contributed by atoms with E-state index in [-0.39, 0.29) is 12.0 Å². The predicted molar refractivity (Wildman–Crippen MR) is 112 cm³/mol. The third-order valence-electron chi connectivity index (χ3n) is 5.67. The molecule has 1 atom stereocenters. The maximum atomic E-state index is 12.3. The van der Waals surface area contributed by atoms with E-state index in [0.717, 1.165) is 49.5 Å². The normalized spacial score (nSPS) is 20.0. The molecule has 0 spiro atoms. The fraction of sp³-hybridized carbons (Fsp3) is 0.478. The van der Waals surface area contributed by atoms with Gasteiger partial charge in [-0.05, 0) is 55.5 Å². The largest absolute Gasteiger partial charge is 0.376 e. The van der Waals surface area contributed by atoms with E-state index in [0.29, 0.717) is 12.1 Å². The number of carbonyl (C=O) groups is 1. The number of benzene rings is 1. The van der Waals surface area contributed by atoms with Crippen LogP contribution in [0.2, 0.25) is 0 Å². The molecule has 1 aromatic heterocycles. The Morgan fingerprint density at radius 3 is 2.39 bits per heavy atom. The van der Waals surface area contributed by atoms with E-state index in [1.54, 1.807) is 0 Å². The molecule has 3 heterocycles. The van der Waals surface area contributed by atoms with Crippen LogP contribution in [0.5, 0.6) is 0 Å². The second kappa shape index (κ2) is 9.20. The summed E-state index contributed by atoms with van der Waals surface area (Å²) in [5, 5.41) is 2.97. The zero-order valence-corrected chi connectivity index (χ0v) is 16.4. The minimum atomic E-state index is -0.0447. The predicted octanol–water partition coefficient (Wildman–Crippen LogP) is 4.04. The van der Waals surface area contributed by atoms with Crippen molar-refractivity contribution in [2.75, 3.05) is 31.1 Å². The van der Waals surface area contributed by atoms with E-state index in [9.17, 15) is 4.79 Å². The van der Waals surface area contributed by atoms with Gasteiger partial charge in [-0.2, -0.15) is 0 Å². The molecular weight excluding hydrogens is 350 g/mol. The number of hydrogen-bond acceptors (Lipinski definition) is 4. The average molecular weight is 380 g/mol. The van der Waals surface area contributed by atoms with Crippen LogP contribution in [0.1, 0.15) is 48.9 Å². The van der Waals surface area contributed by atoms with Crippen molar-refractivity contribution in [2.45, 2.75) is 44.6 Å². The Morgan fingerprint density at radius 2 is 1.75 bits per heavy atom. The van der Waals surface area contributed by atoms with Crippen molar-refractivity contribution in [2.24, 2.45) is 0 Å². The van der Waals surface area contributed by atoms with Gasteiger partial charge in [-0.3, -0.25) is 4.79 Å². The Bertz CT molecular complexity index is 759. The van der Waals surface area contributed by atoms with E-state index in [4.69, 9.17) is 4.74 Å². The number of ether oxygens (including phenoxy) is 1. The van der Waals surface area contributed by atoms with Crippen LogP contribution >= 0.6 is 0 Å². The van der Waals surface area contributed by atoms with Crippen molar-refractivity contribution in [1.82, 2.24) is 10.3 Å². The Balaban J connectivity index is 1.37. The SMILES string of the molecule is O=C(NC[C@@H]1CCCO1)c1ccc(-c2ccc(N3CCCCCC3)nc2)cc1. The highest BCUT2D eigenvalue weighted by Crippen LogP contribution is 2.23. The molecule has 148 valence electrons. The Labute approximate surface area is 167 Å². The fourth-order valence-corrected chi connectivity index (χ4v) is 3.97. The Kier molecular flexibility index (Phi) is 6.22. The van der Waals surface area contributed by atoms with Gasteiger partial charge < -0.3 is 15.0 Å². The number of aromatic nitrogens is 1. The number of nitrogens with one attached hydrogen (secondary N) is 1. The molecule has 1 N–H and O–H groups in total. The molecule has 28 heavy (non-hydrogen) atoms. The quantitative estimate of drug-likeness (QED) is 0.852.